The third kappa shape index (κ3) is 29.0. The van der Waals surface area contributed by atoms with Crippen molar-refractivity contribution in [1.29, 1.82) is 0 Å². The molecule has 0 atom stereocenters. The van der Waals surface area contributed by atoms with Gasteiger partial charge in [-0.1, -0.05) is 0 Å². The number of hydrogen-bond acceptors (Lipinski definition) is 6. The Labute approximate surface area is 67.7 Å². The van der Waals surface area contributed by atoms with Crippen molar-refractivity contribution >= 4 is 36.9 Å². The van der Waals surface area contributed by atoms with Gasteiger partial charge in [0.2, 0.25) is 0 Å². The van der Waals surface area contributed by atoms with Crippen LogP contribution in [0.15, 0.2) is 0 Å². The van der Waals surface area contributed by atoms with E-state index in [-0.39, 0.29) is 29.6 Å². The van der Waals surface area contributed by atoms with Gasteiger partial charge >= 0.3 is 36.9 Å². The van der Waals surface area contributed by atoms with Gasteiger partial charge in [0, 0.05) is 0 Å². The van der Waals surface area contributed by atoms with Gasteiger partial charge in [0.15, 0.2) is 0 Å². The van der Waals surface area contributed by atoms with Gasteiger partial charge in [-0.25, -0.2) is 4.81 Å². The molecule has 0 rings (SSSR count). The minimum absolute atomic E-state index is 0. The Balaban J connectivity index is -0.0000000750. The van der Waals surface area contributed by atoms with Gasteiger partial charge in [0.25, 0.3) is 0 Å². The van der Waals surface area contributed by atoms with E-state index in [0.717, 1.165) is 0 Å². The second kappa shape index (κ2) is 15.7. The topological polar surface area (TPSA) is 110 Å². The van der Waals surface area contributed by atoms with E-state index in [1.54, 1.807) is 0 Å². The Morgan fingerprint density at radius 3 is 1.25 bits per heavy atom. The first-order valence-corrected chi connectivity index (χ1v) is 1.13. The Morgan fingerprint density at radius 2 is 1.25 bits per heavy atom. The molecule has 8 heteroatoms. The van der Waals surface area contributed by atoms with E-state index < -0.39 is 7.32 Å². The second-order valence-electron chi connectivity index (χ2n) is 0.432. The van der Waals surface area contributed by atoms with E-state index in [0.29, 0.717) is 0 Å². The molecule has 0 spiro atoms. The third-order valence-electron chi connectivity index (χ3n) is 0.0943. The Hall–Kier alpha value is 0.825. The fraction of sp³-hybridized carbons (Fsp3) is 0. The van der Waals surface area contributed by atoms with Gasteiger partial charge in [-0.3, -0.25) is 15.8 Å². The Morgan fingerprint density at radius 1 is 1.12 bits per heavy atom. The molecule has 0 fully saturated rings. The van der Waals surface area contributed by atoms with E-state index in [1.807, 2.05) is 0 Å². The molecule has 0 amide bonds. The van der Waals surface area contributed by atoms with Crippen molar-refractivity contribution in [3.8, 4) is 0 Å². The molecule has 0 aliphatic rings. The van der Waals surface area contributed by atoms with Gasteiger partial charge in [-0.2, -0.15) is 0 Å². The normalized spacial score (nSPS) is 5.62. The average molecular weight is 136 g/mol. The molecule has 0 aliphatic carbocycles. The molecule has 0 saturated heterocycles. The summed E-state index contributed by atoms with van der Waals surface area (Å²) in [5, 5.41) is 34.0. The zero-order chi connectivity index (χ0) is 6.28. The summed E-state index contributed by atoms with van der Waals surface area (Å²) in [5.74, 6) is 0. The SMILES string of the molecule is OO.OOB(O)O.[NaH]. The quantitative estimate of drug-likeness (QED) is 0.159. The van der Waals surface area contributed by atoms with Gasteiger partial charge < -0.3 is 10.0 Å². The molecular formula is H6BNaO6. The molecule has 0 aromatic carbocycles. The standard InChI is InChI=1S/BH3O4.Na.H2O2.H/c2-1(3)5-4;;1-2;/h2-4H;;1-2H;. The molecule has 8 heavy (non-hydrogen) atoms. The van der Waals surface area contributed by atoms with Crippen molar-refractivity contribution in [3.63, 3.8) is 0 Å². The van der Waals surface area contributed by atoms with Crippen LogP contribution in [-0.2, 0) is 4.81 Å². The van der Waals surface area contributed by atoms with Crippen LogP contribution >= 0.6 is 0 Å². The molecule has 0 aliphatic heterocycles. The predicted molar refractivity (Wildman–Crippen MR) is 26.3 cm³/mol. The van der Waals surface area contributed by atoms with Crippen LogP contribution in [0.2, 0.25) is 0 Å². The monoisotopic (exact) mass is 136 g/mol. The summed E-state index contributed by atoms with van der Waals surface area (Å²) in [5.41, 5.74) is 0. The maximum absolute atomic E-state index is 7.44. The first kappa shape index (κ1) is 15.9. The zero-order valence-corrected chi connectivity index (χ0v) is 3.22. The van der Waals surface area contributed by atoms with Crippen LogP contribution in [-0.4, -0.2) is 62.7 Å². The van der Waals surface area contributed by atoms with Crippen molar-refractivity contribution in [2.45, 2.75) is 0 Å². The van der Waals surface area contributed by atoms with Crippen molar-refractivity contribution < 1.29 is 30.6 Å². The van der Waals surface area contributed by atoms with Gasteiger partial charge in [-0.05, 0) is 0 Å². The zero-order valence-electron chi connectivity index (χ0n) is 3.22. The summed E-state index contributed by atoms with van der Waals surface area (Å²) in [6, 6.07) is 0. The number of rotatable bonds is 1. The van der Waals surface area contributed by atoms with Crippen molar-refractivity contribution in [2.75, 3.05) is 0 Å². The molecule has 0 aromatic rings. The van der Waals surface area contributed by atoms with E-state index in [1.165, 1.54) is 0 Å². The fourth-order valence-corrected chi connectivity index (χ4v) is 0. The average Bonchev–Trinajstić information content (AvgIpc) is 1.73. The molecule has 0 unspecified atom stereocenters. The predicted octanol–water partition coefficient (Wildman–Crippen LogP) is -2.19. The minimum atomic E-state index is -2.06. The molecule has 0 bridgehead atoms. The van der Waals surface area contributed by atoms with Crippen LogP contribution in [0.5, 0.6) is 0 Å². The summed E-state index contributed by atoms with van der Waals surface area (Å²) in [6.45, 7) is 0. The van der Waals surface area contributed by atoms with Crippen LogP contribution in [0.1, 0.15) is 0 Å². The van der Waals surface area contributed by atoms with Gasteiger partial charge in [0.1, 0.15) is 0 Å². The maximum atomic E-state index is 7.44. The van der Waals surface area contributed by atoms with Crippen molar-refractivity contribution in [3.05, 3.63) is 0 Å². The molecule has 0 radical (unpaired) electrons. The van der Waals surface area contributed by atoms with Gasteiger partial charge in [0.05, 0.1) is 0 Å². The Kier molecular flexibility index (Phi) is 31.2. The van der Waals surface area contributed by atoms with Gasteiger partial charge in [-0.15, -0.1) is 0 Å². The molecule has 46 valence electrons. The summed E-state index contributed by atoms with van der Waals surface area (Å²) in [7, 11) is -2.06. The summed E-state index contributed by atoms with van der Waals surface area (Å²) in [6.07, 6.45) is 0. The fourth-order valence-electron chi connectivity index (χ4n) is 0. The van der Waals surface area contributed by atoms with Crippen molar-refractivity contribution in [2.24, 2.45) is 0 Å². The van der Waals surface area contributed by atoms with Crippen LogP contribution < -0.4 is 0 Å². The van der Waals surface area contributed by atoms with E-state index in [4.69, 9.17) is 25.8 Å². The molecule has 0 saturated carbocycles. The first-order valence-electron chi connectivity index (χ1n) is 1.13. The summed E-state index contributed by atoms with van der Waals surface area (Å²) >= 11 is 0. The van der Waals surface area contributed by atoms with E-state index in [2.05, 4.69) is 4.81 Å². The van der Waals surface area contributed by atoms with Crippen LogP contribution in [0, 0.1) is 0 Å². The van der Waals surface area contributed by atoms with Crippen LogP contribution in [0.25, 0.3) is 0 Å². The van der Waals surface area contributed by atoms with Crippen molar-refractivity contribution in [1.82, 2.24) is 0 Å². The molecule has 6 nitrogen and oxygen atoms in total. The Bertz CT molecular complexity index is 22.5. The van der Waals surface area contributed by atoms with E-state index >= 15 is 0 Å². The van der Waals surface area contributed by atoms with Crippen LogP contribution in [0.3, 0.4) is 0 Å². The molecule has 0 aromatic heterocycles. The van der Waals surface area contributed by atoms with E-state index in [9.17, 15) is 0 Å². The summed E-state index contributed by atoms with van der Waals surface area (Å²) < 4.78 is 0. The molecule has 0 heterocycles. The van der Waals surface area contributed by atoms with Crippen LogP contribution in [0.4, 0.5) is 0 Å². The molecule has 5 N–H and O–H groups in total. The number of hydrogen-bond donors (Lipinski definition) is 5. The molecular weight excluding hydrogens is 130 g/mol. The summed E-state index contributed by atoms with van der Waals surface area (Å²) in [4.78, 5) is 2.86. The second-order valence-corrected chi connectivity index (χ2v) is 0.432. The first-order chi connectivity index (χ1) is 3.27. The third-order valence-corrected chi connectivity index (χ3v) is 0.0943.